The first-order valence-electron chi connectivity index (χ1n) is 7.85. The van der Waals surface area contributed by atoms with E-state index in [9.17, 15) is 30.0 Å². The molecule has 0 aliphatic carbocycles. The molecule has 2 aromatic carbocycles. The monoisotopic (exact) mass is 357 g/mol. The molecule has 0 heterocycles. The minimum atomic E-state index is -0.465. The van der Waals surface area contributed by atoms with Gasteiger partial charge in [0.2, 0.25) is 5.91 Å². The lowest BCUT2D eigenvalue weighted by Crippen LogP contribution is -2.20. The van der Waals surface area contributed by atoms with E-state index in [0.29, 0.717) is 17.5 Å². The normalized spacial score (nSPS) is 10.8. The van der Waals surface area contributed by atoms with Crippen molar-refractivity contribution in [2.45, 2.75) is 19.4 Å². The number of phenols is 4. The summed E-state index contributed by atoms with van der Waals surface area (Å²) in [4.78, 5) is 23.5. The lowest BCUT2D eigenvalue weighted by atomic mass is 10.1. The van der Waals surface area contributed by atoms with E-state index in [2.05, 4.69) is 5.32 Å². The molecule has 0 atom stereocenters. The van der Waals surface area contributed by atoms with E-state index < -0.39 is 5.91 Å². The third-order valence-corrected chi connectivity index (χ3v) is 3.63. The Balaban J connectivity index is 1.78. The Morgan fingerprint density at radius 3 is 2.00 bits per heavy atom. The van der Waals surface area contributed by atoms with Crippen LogP contribution >= 0.6 is 0 Å². The van der Waals surface area contributed by atoms with Crippen LogP contribution in [0.3, 0.4) is 0 Å². The lowest BCUT2D eigenvalue weighted by Gasteiger charge is -2.04. The minimum Gasteiger partial charge on any atom is -0.504 e. The number of benzene rings is 2. The predicted molar refractivity (Wildman–Crippen MR) is 93.9 cm³/mol. The number of allylic oxidation sites excluding steroid dienone is 1. The maximum absolute atomic E-state index is 11.8. The van der Waals surface area contributed by atoms with E-state index in [0.717, 1.165) is 6.08 Å². The average Bonchev–Trinajstić information content (AvgIpc) is 2.62. The highest BCUT2D eigenvalue weighted by Gasteiger charge is 2.05. The molecule has 0 aliphatic heterocycles. The van der Waals surface area contributed by atoms with Crippen LogP contribution in [0.5, 0.6) is 23.0 Å². The van der Waals surface area contributed by atoms with Crippen molar-refractivity contribution in [1.82, 2.24) is 5.32 Å². The van der Waals surface area contributed by atoms with Crippen molar-refractivity contribution in [2.24, 2.45) is 0 Å². The summed E-state index contributed by atoms with van der Waals surface area (Å²) in [5, 5.41) is 39.8. The van der Waals surface area contributed by atoms with Crippen molar-refractivity contribution in [3.8, 4) is 23.0 Å². The maximum Gasteiger partial charge on any atom is 0.244 e. The van der Waals surface area contributed by atoms with Gasteiger partial charge in [0.05, 0.1) is 0 Å². The number of amides is 1. The zero-order chi connectivity index (χ0) is 19.1. The van der Waals surface area contributed by atoms with Crippen LogP contribution in [0, 0.1) is 0 Å². The molecule has 2 aromatic rings. The van der Waals surface area contributed by atoms with Crippen LogP contribution in [-0.2, 0) is 22.6 Å². The van der Waals surface area contributed by atoms with Crippen LogP contribution in [0.1, 0.15) is 17.5 Å². The van der Waals surface area contributed by atoms with Crippen LogP contribution in [0.4, 0.5) is 0 Å². The predicted octanol–water partition coefficient (Wildman–Crippen LogP) is 1.88. The molecule has 0 saturated heterocycles. The lowest BCUT2D eigenvalue weighted by molar-refractivity contribution is -0.118. The van der Waals surface area contributed by atoms with Crippen molar-refractivity contribution in [3.05, 3.63) is 59.7 Å². The third kappa shape index (κ3) is 5.55. The number of hydrogen-bond donors (Lipinski definition) is 5. The molecule has 0 aliphatic rings. The fourth-order valence-electron chi connectivity index (χ4n) is 2.17. The smallest absolute Gasteiger partial charge is 0.244 e. The summed E-state index contributed by atoms with van der Waals surface area (Å²) < 4.78 is 0. The van der Waals surface area contributed by atoms with E-state index in [4.69, 9.17) is 0 Å². The highest BCUT2D eigenvalue weighted by atomic mass is 16.3. The topological polar surface area (TPSA) is 127 Å². The summed E-state index contributed by atoms with van der Waals surface area (Å²) in [6, 6.07) is 8.53. The van der Waals surface area contributed by atoms with Crippen LogP contribution in [-0.4, -0.2) is 32.1 Å². The molecule has 0 unspecified atom stereocenters. The van der Waals surface area contributed by atoms with Gasteiger partial charge < -0.3 is 25.7 Å². The second kappa shape index (κ2) is 8.57. The van der Waals surface area contributed by atoms with E-state index in [1.807, 2.05) is 0 Å². The van der Waals surface area contributed by atoms with E-state index >= 15 is 0 Å². The largest absolute Gasteiger partial charge is 0.504 e. The number of carbonyl (C=O) groups is 2. The zero-order valence-electron chi connectivity index (χ0n) is 13.8. The Hall–Kier alpha value is -3.48. The van der Waals surface area contributed by atoms with Crippen molar-refractivity contribution < 1.29 is 30.0 Å². The van der Waals surface area contributed by atoms with Gasteiger partial charge in [0.15, 0.2) is 28.8 Å². The van der Waals surface area contributed by atoms with Gasteiger partial charge in [-0.15, -0.1) is 0 Å². The molecule has 5 N–H and O–H groups in total. The molecule has 0 spiro atoms. The number of rotatable bonds is 7. The first-order valence-corrected chi connectivity index (χ1v) is 7.85. The Bertz CT molecular complexity index is 774. The summed E-state index contributed by atoms with van der Waals surface area (Å²) in [6.07, 6.45) is 2.81. The Labute approximate surface area is 149 Å². The number of aromatic hydroxyl groups is 4. The quantitative estimate of drug-likeness (QED) is 0.380. The van der Waals surface area contributed by atoms with Crippen LogP contribution in [0.25, 0.3) is 0 Å². The zero-order valence-corrected chi connectivity index (χ0v) is 13.8. The Kier molecular flexibility index (Phi) is 6.21. The van der Waals surface area contributed by atoms with Crippen LogP contribution < -0.4 is 5.32 Å². The number of phenolic OH excluding ortho intramolecular Hbond substituents is 4. The second-order valence-corrected chi connectivity index (χ2v) is 5.66. The molecule has 136 valence electrons. The summed E-state index contributed by atoms with van der Waals surface area (Å²) in [6.45, 7) is 0.137. The molecule has 0 fully saturated rings. The van der Waals surface area contributed by atoms with Gasteiger partial charge in [-0.25, -0.2) is 0 Å². The number of carbonyl (C=O) groups excluding carboxylic acids is 2. The fraction of sp³-hybridized carbons (Fsp3) is 0.158. The van der Waals surface area contributed by atoms with Gasteiger partial charge in [-0.1, -0.05) is 12.1 Å². The second-order valence-electron chi connectivity index (χ2n) is 5.66. The number of ketones is 1. The molecule has 0 bridgehead atoms. The van der Waals surface area contributed by atoms with Crippen LogP contribution in [0.2, 0.25) is 0 Å². The highest BCUT2D eigenvalue weighted by molar-refractivity contribution is 5.97. The minimum absolute atomic E-state index is 0.137. The van der Waals surface area contributed by atoms with Crippen molar-refractivity contribution in [3.63, 3.8) is 0 Å². The average molecular weight is 357 g/mol. The van der Waals surface area contributed by atoms with E-state index in [-0.39, 0.29) is 41.7 Å². The van der Waals surface area contributed by atoms with Gasteiger partial charge in [-0.05, 0) is 47.9 Å². The molecular formula is C19H19NO6. The molecule has 26 heavy (non-hydrogen) atoms. The summed E-state index contributed by atoms with van der Waals surface area (Å²) in [5.74, 6) is -1.71. The van der Waals surface area contributed by atoms with E-state index in [1.54, 1.807) is 12.1 Å². The van der Waals surface area contributed by atoms with Gasteiger partial charge in [-0.3, -0.25) is 9.59 Å². The fourth-order valence-corrected chi connectivity index (χ4v) is 2.17. The number of nitrogens with one attached hydrogen (secondary N) is 1. The van der Waals surface area contributed by atoms with Crippen molar-refractivity contribution in [1.29, 1.82) is 0 Å². The van der Waals surface area contributed by atoms with E-state index in [1.165, 1.54) is 30.3 Å². The highest BCUT2D eigenvalue weighted by Crippen LogP contribution is 2.25. The number of hydrogen-bond acceptors (Lipinski definition) is 6. The molecular weight excluding hydrogens is 338 g/mol. The molecule has 0 aromatic heterocycles. The van der Waals surface area contributed by atoms with Crippen molar-refractivity contribution >= 4 is 11.7 Å². The first-order chi connectivity index (χ1) is 12.3. The summed E-state index contributed by atoms with van der Waals surface area (Å²) in [5.41, 5.74) is 1.29. The summed E-state index contributed by atoms with van der Waals surface area (Å²) in [7, 11) is 0. The van der Waals surface area contributed by atoms with Crippen molar-refractivity contribution in [2.75, 3.05) is 0 Å². The molecule has 7 heteroatoms. The SMILES string of the molecule is O=C(/C=C/C(=O)NCc1ccc(O)c(O)c1)CCc1ccc(O)c(O)c1. The number of aryl methyl sites for hydroxylation is 1. The van der Waals surface area contributed by atoms with Gasteiger partial charge in [0.25, 0.3) is 0 Å². The summed E-state index contributed by atoms with van der Waals surface area (Å²) >= 11 is 0. The van der Waals surface area contributed by atoms with Gasteiger partial charge in [0.1, 0.15) is 0 Å². The maximum atomic E-state index is 11.8. The molecule has 0 saturated carbocycles. The van der Waals surface area contributed by atoms with Gasteiger partial charge in [-0.2, -0.15) is 0 Å². The van der Waals surface area contributed by atoms with Crippen LogP contribution in [0.15, 0.2) is 48.6 Å². The molecule has 2 rings (SSSR count). The standard InChI is InChI=1S/C19H19NO6/c21-14(4-1-12-2-6-15(22)17(24)9-12)5-8-19(26)20-11-13-3-7-16(23)18(25)10-13/h2-3,5-10,22-25H,1,4,11H2,(H,20,26)/b8-5+. The third-order valence-electron chi connectivity index (χ3n) is 3.63. The molecule has 0 radical (unpaired) electrons. The first kappa shape index (κ1) is 18.9. The Morgan fingerprint density at radius 1 is 0.808 bits per heavy atom. The molecule has 1 amide bonds. The van der Waals surface area contributed by atoms with Gasteiger partial charge >= 0.3 is 0 Å². The van der Waals surface area contributed by atoms with Gasteiger partial charge in [0, 0.05) is 19.0 Å². The Morgan fingerprint density at radius 2 is 1.38 bits per heavy atom. The molecule has 7 nitrogen and oxygen atoms in total.